The van der Waals surface area contributed by atoms with Gasteiger partial charge < -0.3 is 4.74 Å². The standard InChI is InChI=1S/C14H13O/c1-15-14-9-7-13(8-10-14)11-12-5-3-2-4-6-12/h2-9H,11H2,1H3. The molecule has 0 aliphatic rings. The number of benzene rings is 2. The molecule has 0 amide bonds. The van der Waals surface area contributed by atoms with Crippen LogP contribution in [0.25, 0.3) is 0 Å². The molecule has 0 heterocycles. The van der Waals surface area contributed by atoms with Gasteiger partial charge in [0.25, 0.3) is 0 Å². The molecule has 0 fully saturated rings. The van der Waals surface area contributed by atoms with Crippen molar-refractivity contribution in [1.82, 2.24) is 0 Å². The summed E-state index contributed by atoms with van der Waals surface area (Å²) in [7, 11) is 1.66. The van der Waals surface area contributed by atoms with Gasteiger partial charge in [0, 0.05) is 6.07 Å². The molecule has 0 aliphatic heterocycles. The molecule has 0 aromatic heterocycles. The van der Waals surface area contributed by atoms with Crippen LogP contribution in [0.15, 0.2) is 48.5 Å². The molecule has 2 aromatic carbocycles. The van der Waals surface area contributed by atoms with Crippen LogP contribution in [-0.2, 0) is 6.42 Å². The normalized spacial score (nSPS) is 9.93. The van der Waals surface area contributed by atoms with Crippen molar-refractivity contribution in [3.05, 3.63) is 65.7 Å². The second-order valence-electron chi connectivity index (χ2n) is 3.43. The Labute approximate surface area is 90.3 Å². The summed E-state index contributed by atoms with van der Waals surface area (Å²) in [5.74, 6) is 0.784. The third kappa shape index (κ3) is 2.59. The Morgan fingerprint density at radius 1 is 1.00 bits per heavy atom. The first kappa shape index (κ1) is 9.78. The second-order valence-corrected chi connectivity index (χ2v) is 3.43. The van der Waals surface area contributed by atoms with Crippen molar-refractivity contribution in [2.24, 2.45) is 0 Å². The fraction of sp³-hybridized carbons (Fsp3) is 0.143. The van der Waals surface area contributed by atoms with Gasteiger partial charge in [0.05, 0.1) is 7.11 Å². The molecule has 1 heteroatoms. The van der Waals surface area contributed by atoms with Gasteiger partial charge in [-0.2, -0.15) is 0 Å². The van der Waals surface area contributed by atoms with Gasteiger partial charge in [-0.05, 0) is 29.7 Å². The average Bonchev–Trinajstić information content (AvgIpc) is 2.31. The summed E-state index contributed by atoms with van der Waals surface area (Å²) in [6, 6.07) is 19.5. The SMILES string of the molecule is COc1[c]cc(Cc2ccccc2)cc1. The van der Waals surface area contributed by atoms with Gasteiger partial charge >= 0.3 is 0 Å². The Morgan fingerprint density at radius 2 is 1.80 bits per heavy atom. The van der Waals surface area contributed by atoms with Crippen molar-refractivity contribution in [3.63, 3.8) is 0 Å². The lowest BCUT2D eigenvalue weighted by Crippen LogP contribution is -1.88. The minimum absolute atomic E-state index is 0.784. The molecule has 2 aromatic rings. The number of hydrogen-bond acceptors (Lipinski definition) is 1. The lowest BCUT2D eigenvalue weighted by molar-refractivity contribution is 0.414. The second kappa shape index (κ2) is 4.65. The first-order chi connectivity index (χ1) is 7.38. The van der Waals surface area contributed by atoms with E-state index in [0.717, 1.165) is 12.2 Å². The Morgan fingerprint density at radius 3 is 2.40 bits per heavy atom. The summed E-state index contributed by atoms with van der Waals surface area (Å²) in [6.45, 7) is 0. The van der Waals surface area contributed by atoms with Crippen molar-refractivity contribution in [2.45, 2.75) is 6.42 Å². The maximum absolute atomic E-state index is 5.06. The molecule has 1 nitrogen and oxygen atoms in total. The molecule has 0 bridgehead atoms. The third-order valence-electron chi connectivity index (χ3n) is 2.32. The Bertz CT molecular complexity index is 403. The van der Waals surface area contributed by atoms with E-state index in [4.69, 9.17) is 4.74 Å². The van der Waals surface area contributed by atoms with Crippen molar-refractivity contribution in [2.75, 3.05) is 7.11 Å². The topological polar surface area (TPSA) is 9.23 Å². The van der Waals surface area contributed by atoms with E-state index in [1.54, 1.807) is 7.11 Å². The van der Waals surface area contributed by atoms with Crippen LogP contribution in [0.2, 0.25) is 0 Å². The Kier molecular flexibility index (Phi) is 3.03. The monoisotopic (exact) mass is 197 g/mol. The van der Waals surface area contributed by atoms with E-state index in [0.29, 0.717) is 0 Å². The fourth-order valence-electron chi connectivity index (χ4n) is 1.51. The third-order valence-corrected chi connectivity index (χ3v) is 2.32. The molecule has 2 rings (SSSR count). The highest BCUT2D eigenvalue weighted by molar-refractivity contribution is 5.30. The van der Waals surface area contributed by atoms with Gasteiger partial charge in [0.15, 0.2) is 0 Å². The van der Waals surface area contributed by atoms with Gasteiger partial charge in [-0.25, -0.2) is 0 Å². The largest absolute Gasteiger partial charge is 0.496 e. The molecule has 0 saturated carbocycles. The lowest BCUT2D eigenvalue weighted by Gasteiger charge is -2.03. The maximum Gasteiger partial charge on any atom is 0.126 e. The number of hydrogen-bond donors (Lipinski definition) is 0. The zero-order valence-corrected chi connectivity index (χ0v) is 8.73. The highest BCUT2D eigenvalue weighted by Gasteiger charge is 1.96. The fourth-order valence-corrected chi connectivity index (χ4v) is 1.51. The van der Waals surface area contributed by atoms with Crippen molar-refractivity contribution in [3.8, 4) is 5.75 Å². The molecular weight excluding hydrogens is 184 g/mol. The summed E-state index contributed by atoms with van der Waals surface area (Å²) in [5.41, 5.74) is 2.57. The summed E-state index contributed by atoms with van der Waals surface area (Å²) in [4.78, 5) is 0. The zero-order valence-electron chi connectivity index (χ0n) is 8.73. The van der Waals surface area contributed by atoms with Gasteiger partial charge in [-0.1, -0.05) is 36.4 Å². The molecule has 75 valence electrons. The summed E-state index contributed by atoms with van der Waals surface area (Å²) >= 11 is 0. The molecule has 0 saturated heterocycles. The molecular formula is C14H13O. The predicted molar refractivity (Wildman–Crippen MR) is 61.1 cm³/mol. The van der Waals surface area contributed by atoms with Gasteiger partial charge in [-0.3, -0.25) is 0 Å². The van der Waals surface area contributed by atoms with Crippen LogP contribution >= 0.6 is 0 Å². The van der Waals surface area contributed by atoms with E-state index in [-0.39, 0.29) is 0 Å². The van der Waals surface area contributed by atoms with E-state index in [2.05, 4.69) is 36.4 Å². The minimum Gasteiger partial charge on any atom is -0.496 e. The van der Waals surface area contributed by atoms with Crippen LogP contribution in [0.1, 0.15) is 11.1 Å². The Hall–Kier alpha value is -1.76. The van der Waals surface area contributed by atoms with E-state index >= 15 is 0 Å². The van der Waals surface area contributed by atoms with Gasteiger partial charge in [0.2, 0.25) is 0 Å². The van der Waals surface area contributed by atoms with E-state index in [1.165, 1.54) is 11.1 Å². The molecule has 0 N–H and O–H groups in total. The Balaban J connectivity index is 2.11. The molecule has 1 radical (unpaired) electrons. The van der Waals surface area contributed by atoms with Crippen LogP contribution < -0.4 is 4.74 Å². The lowest BCUT2D eigenvalue weighted by atomic mass is 10.1. The van der Waals surface area contributed by atoms with Gasteiger partial charge in [0.1, 0.15) is 5.75 Å². The summed E-state index contributed by atoms with van der Waals surface area (Å²) in [6.07, 6.45) is 0.946. The van der Waals surface area contributed by atoms with E-state index in [9.17, 15) is 0 Å². The van der Waals surface area contributed by atoms with Crippen LogP contribution in [0.5, 0.6) is 5.75 Å². The first-order valence-electron chi connectivity index (χ1n) is 4.97. The van der Waals surface area contributed by atoms with Crippen LogP contribution in [0.4, 0.5) is 0 Å². The highest BCUT2D eigenvalue weighted by Crippen LogP contribution is 2.13. The number of methoxy groups -OCH3 is 1. The van der Waals surface area contributed by atoms with Crippen molar-refractivity contribution < 1.29 is 4.74 Å². The van der Waals surface area contributed by atoms with Crippen LogP contribution in [0, 0.1) is 6.07 Å². The van der Waals surface area contributed by atoms with Crippen molar-refractivity contribution >= 4 is 0 Å². The highest BCUT2D eigenvalue weighted by atomic mass is 16.5. The van der Waals surface area contributed by atoms with Gasteiger partial charge in [-0.15, -0.1) is 0 Å². The average molecular weight is 197 g/mol. The summed E-state index contributed by atoms with van der Waals surface area (Å²) < 4.78 is 5.06. The first-order valence-corrected chi connectivity index (χ1v) is 4.97. The molecule has 0 unspecified atom stereocenters. The quantitative estimate of drug-likeness (QED) is 0.734. The molecule has 0 aliphatic carbocycles. The predicted octanol–water partition coefficient (Wildman–Crippen LogP) is 3.09. The van der Waals surface area contributed by atoms with Crippen molar-refractivity contribution in [1.29, 1.82) is 0 Å². The van der Waals surface area contributed by atoms with E-state index in [1.807, 2.05) is 18.2 Å². The minimum atomic E-state index is 0.784. The maximum atomic E-state index is 5.06. The molecule has 15 heavy (non-hydrogen) atoms. The van der Waals surface area contributed by atoms with E-state index < -0.39 is 0 Å². The zero-order chi connectivity index (χ0) is 10.5. The molecule has 0 spiro atoms. The van der Waals surface area contributed by atoms with Crippen LogP contribution in [0.3, 0.4) is 0 Å². The number of rotatable bonds is 3. The summed E-state index contributed by atoms with van der Waals surface area (Å²) in [5, 5.41) is 0. The molecule has 0 atom stereocenters. The van der Waals surface area contributed by atoms with Crippen LogP contribution in [-0.4, -0.2) is 7.11 Å². The smallest absolute Gasteiger partial charge is 0.126 e. The number of ether oxygens (including phenoxy) is 1.